The van der Waals surface area contributed by atoms with Gasteiger partial charge in [-0.15, -0.1) is 0 Å². The zero-order valence-corrected chi connectivity index (χ0v) is 11.0. The van der Waals surface area contributed by atoms with Gasteiger partial charge < -0.3 is 19.5 Å². The van der Waals surface area contributed by atoms with Crippen LogP contribution in [-0.2, 0) is 14.2 Å². The minimum Gasteiger partial charge on any atom is -0.449 e. The molecule has 4 aliphatic rings. The molecular weight excluding hydrogens is 246 g/mol. The highest BCUT2D eigenvalue weighted by molar-refractivity contribution is 5.67. The number of alkyl carbamates (subject to hydrolysis) is 1. The van der Waals surface area contributed by atoms with Crippen molar-refractivity contribution in [3.63, 3.8) is 0 Å². The quantitative estimate of drug-likeness (QED) is 0.789. The molecular formula is C14H21NO4. The zero-order valence-electron chi connectivity index (χ0n) is 11.0. The molecule has 19 heavy (non-hydrogen) atoms. The first-order valence-corrected chi connectivity index (χ1v) is 7.52. The van der Waals surface area contributed by atoms with Crippen LogP contribution in [0.3, 0.4) is 0 Å². The van der Waals surface area contributed by atoms with E-state index in [0.717, 1.165) is 38.5 Å². The van der Waals surface area contributed by atoms with E-state index < -0.39 is 0 Å². The van der Waals surface area contributed by atoms with Gasteiger partial charge in [-0.1, -0.05) is 0 Å². The van der Waals surface area contributed by atoms with Crippen LogP contribution in [0.5, 0.6) is 0 Å². The number of rotatable bonds is 3. The Morgan fingerprint density at radius 2 is 1.74 bits per heavy atom. The predicted molar refractivity (Wildman–Crippen MR) is 66.8 cm³/mol. The summed E-state index contributed by atoms with van der Waals surface area (Å²) in [6.45, 7) is 0.535. The number of ether oxygens (including phenoxy) is 3. The molecule has 4 fully saturated rings. The van der Waals surface area contributed by atoms with E-state index in [4.69, 9.17) is 14.2 Å². The van der Waals surface area contributed by atoms with Crippen LogP contribution in [0, 0.1) is 5.92 Å². The van der Waals surface area contributed by atoms with Gasteiger partial charge in [-0.2, -0.15) is 0 Å². The highest BCUT2D eigenvalue weighted by atomic mass is 16.6. The Morgan fingerprint density at radius 3 is 2.47 bits per heavy atom. The average molecular weight is 267 g/mol. The van der Waals surface area contributed by atoms with Gasteiger partial charge in [-0.05, 0) is 44.4 Å². The van der Waals surface area contributed by atoms with Crippen molar-refractivity contribution in [1.82, 2.24) is 5.32 Å². The third-order valence-corrected chi connectivity index (χ3v) is 4.89. The van der Waals surface area contributed by atoms with Crippen molar-refractivity contribution in [3.05, 3.63) is 0 Å². The lowest BCUT2D eigenvalue weighted by molar-refractivity contribution is 0.113. The van der Waals surface area contributed by atoms with Crippen LogP contribution < -0.4 is 5.32 Å². The van der Waals surface area contributed by atoms with Crippen LogP contribution in [0.25, 0.3) is 0 Å². The fourth-order valence-electron chi connectivity index (χ4n) is 3.58. The number of carbonyl (C=O) groups is 1. The number of epoxide rings is 2. The van der Waals surface area contributed by atoms with Crippen molar-refractivity contribution in [3.8, 4) is 0 Å². The SMILES string of the molecule is O=C(NC1CCC2OC2C1)OCC1CCC2OC2C1. The molecule has 2 heterocycles. The third kappa shape index (κ3) is 2.72. The molecule has 2 saturated carbocycles. The molecule has 106 valence electrons. The van der Waals surface area contributed by atoms with Crippen LogP contribution in [0.4, 0.5) is 4.79 Å². The summed E-state index contributed by atoms with van der Waals surface area (Å²) in [5, 5.41) is 2.96. The molecule has 6 atom stereocenters. The molecule has 0 bridgehead atoms. The lowest BCUT2D eigenvalue weighted by atomic mass is 9.90. The maximum atomic E-state index is 11.8. The Morgan fingerprint density at radius 1 is 1.00 bits per heavy atom. The maximum absolute atomic E-state index is 11.8. The summed E-state index contributed by atoms with van der Waals surface area (Å²) in [5.74, 6) is 0.483. The van der Waals surface area contributed by atoms with E-state index in [9.17, 15) is 4.79 Å². The monoisotopic (exact) mass is 267 g/mol. The second-order valence-electron chi connectivity index (χ2n) is 6.36. The molecule has 5 nitrogen and oxygen atoms in total. The summed E-state index contributed by atoms with van der Waals surface area (Å²) in [6, 6.07) is 0.235. The van der Waals surface area contributed by atoms with Gasteiger partial charge in [0.25, 0.3) is 0 Å². The topological polar surface area (TPSA) is 63.4 Å². The van der Waals surface area contributed by atoms with Gasteiger partial charge in [-0.25, -0.2) is 4.79 Å². The van der Waals surface area contributed by atoms with E-state index >= 15 is 0 Å². The van der Waals surface area contributed by atoms with Crippen molar-refractivity contribution in [1.29, 1.82) is 0 Å². The standard InChI is InChI=1S/C14H21NO4/c16-14(15-9-2-4-11-13(6-9)19-11)17-7-8-1-3-10-12(5-8)18-10/h8-13H,1-7H2,(H,15,16). The van der Waals surface area contributed by atoms with Crippen LogP contribution in [0.2, 0.25) is 0 Å². The summed E-state index contributed by atoms with van der Waals surface area (Å²) in [7, 11) is 0. The van der Waals surface area contributed by atoms with E-state index in [-0.39, 0.29) is 12.1 Å². The van der Waals surface area contributed by atoms with Gasteiger partial charge in [0.1, 0.15) is 0 Å². The van der Waals surface area contributed by atoms with Gasteiger partial charge in [0, 0.05) is 6.04 Å². The Hall–Kier alpha value is -0.810. The lowest BCUT2D eigenvalue weighted by Gasteiger charge is -2.22. The van der Waals surface area contributed by atoms with Crippen LogP contribution in [-0.4, -0.2) is 43.2 Å². The molecule has 0 radical (unpaired) electrons. The Labute approximate surface area is 113 Å². The van der Waals surface area contributed by atoms with Crippen molar-refractivity contribution in [2.75, 3.05) is 6.61 Å². The maximum Gasteiger partial charge on any atom is 0.407 e. The normalized spacial score (nSPS) is 46.7. The lowest BCUT2D eigenvalue weighted by Crippen LogP contribution is -2.39. The molecule has 6 unspecified atom stereocenters. The largest absolute Gasteiger partial charge is 0.449 e. The second kappa shape index (κ2) is 4.63. The molecule has 2 aliphatic heterocycles. The first-order valence-electron chi connectivity index (χ1n) is 7.52. The third-order valence-electron chi connectivity index (χ3n) is 4.89. The molecule has 4 rings (SSSR count). The minimum absolute atomic E-state index is 0.235. The van der Waals surface area contributed by atoms with E-state index in [1.807, 2.05) is 0 Å². The fraction of sp³-hybridized carbons (Fsp3) is 0.929. The number of hydrogen-bond acceptors (Lipinski definition) is 4. The summed E-state index contributed by atoms with van der Waals surface area (Å²) in [5.41, 5.74) is 0. The minimum atomic E-state index is -0.261. The molecule has 0 aromatic rings. The molecule has 2 saturated heterocycles. The molecule has 0 aromatic heterocycles. The fourth-order valence-corrected chi connectivity index (χ4v) is 3.58. The smallest absolute Gasteiger partial charge is 0.407 e. The molecule has 0 spiro atoms. The Balaban J connectivity index is 1.17. The van der Waals surface area contributed by atoms with E-state index in [1.165, 1.54) is 0 Å². The number of hydrogen-bond donors (Lipinski definition) is 1. The molecule has 2 aliphatic carbocycles. The highest BCUT2D eigenvalue weighted by Crippen LogP contribution is 2.39. The van der Waals surface area contributed by atoms with Gasteiger partial charge in [0.05, 0.1) is 31.0 Å². The number of carbonyl (C=O) groups excluding carboxylic acids is 1. The number of fused-ring (bicyclic) bond motifs is 2. The Kier molecular flexibility index (Phi) is 2.92. The summed E-state index contributed by atoms with van der Waals surface area (Å²) in [4.78, 5) is 11.8. The number of nitrogens with one attached hydrogen (secondary N) is 1. The number of amides is 1. The van der Waals surface area contributed by atoms with E-state index in [0.29, 0.717) is 36.9 Å². The van der Waals surface area contributed by atoms with Gasteiger partial charge in [-0.3, -0.25) is 0 Å². The van der Waals surface area contributed by atoms with Crippen LogP contribution in [0.1, 0.15) is 38.5 Å². The first kappa shape index (κ1) is 12.0. The highest BCUT2D eigenvalue weighted by Gasteiger charge is 2.45. The zero-order chi connectivity index (χ0) is 12.8. The molecule has 0 aromatic carbocycles. The molecule has 1 N–H and O–H groups in total. The molecule has 1 amide bonds. The van der Waals surface area contributed by atoms with Gasteiger partial charge in [0.15, 0.2) is 0 Å². The van der Waals surface area contributed by atoms with Crippen LogP contribution >= 0.6 is 0 Å². The van der Waals surface area contributed by atoms with Crippen molar-refractivity contribution >= 4 is 6.09 Å². The first-order chi connectivity index (χ1) is 9.28. The average Bonchev–Trinajstić information content (AvgIpc) is 3.29. The summed E-state index contributed by atoms with van der Waals surface area (Å²) >= 11 is 0. The van der Waals surface area contributed by atoms with Crippen molar-refractivity contribution in [2.24, 2.45) is 5.92 Å². The van der Waals surface area contributed by atoms with Crippen LogP contribution in [0.15, 0.2) is 0 Å². The molecule has 5 heteroatoms. The van der Waals surface area contributed by atoms with E-state index in [2.05, 4.69) is 5.32 Å². The Bertz CT molecular complexity index is 374. The van der Waals surface area contributed by atoms with Crippen molar-refractivity contribution < 1.29 is 19.0 Å². The second-order valence-corrected chi connectivity index (χ2v) is 6.36. The van der Waals surface area contributed by atoms with Gasteiger partial charge in [0.2, 0.25) is 0 Å². The van der Waals surface area contributed by atoms with E-state index in [1.54, 1.807) is 0 Å². The van der Waals surface area contributed by atoms with Gasteiger partial charge >= 0.3 is 6.09 Å². The summed E-state index contributed by atoms with van der Waals surface area (Å²) < 4.78 is 16.3. The van der Waals surface area contributed by atoms with Crippen molar-refractivity contribution in [2.45, 2.75) is 69.0 Å². The predicted octanol–water partition coefficient (Wildman–Crippen LogP) is 1.60. The summed E-state index contributed by atoms with van der Waals surface area (Å²) in [6.07, 6.45) is 7.90.